The number of carbonyl (C=O) groups is 1. The number of nitrogens with zero attached hydrogens (tertiary/aromatic N) is 6. The van der Waals surface area contributed by atoms with E-state index in [1.165, 1.54) is 7.11 Å². The SMILES string of the molecule is COCOc1cc(Cl)c(C2CC2)c(-c2nc3c4c(nc(OC[C@]56CCCN5C[C@H](F)C6)nc4c2F)N2C[C@H]4CC[C@@H]([C@H]2CO3)N4C(=O)OC(C)(C)C)c1. The van der Waals surface area contributed by atoms with Crippen LogP contribution in [-0.2, 0) is 9.47 Å². The molecule has 5 atom stereocenters. The zero-order valence-corrected chi connectivity index (χ0v) is 31.3. The first-order chi connectivity index (χ1) is 25.4. The van der Waals surface area contributed by atoms with E-state index in [-0.39, 0.29) is 73.2 Å². The predicted molar refractivity (Wildman–Crippen MR) is 192 cm³/mol. The minimum atomic E-state index is -0.930. The maximum Gasteiger partial charge on any atom is 0.410 e. The van der Waals surface area contributed by atoms with E-state index in [4.69, 9.17) is 50.2 Å². The van der Waals surface area contributed by atoms with Gasteiger partial charge in [0, 0.05) is 37.2 Å². The summed E-state index contributed by atoms with van der Waals surface area (Å²) in [7, 11) is 1.52. The van der Waals surface area contributed by atoms with Gasteiger partial charge in [-0.15, -0.1) is 0 Å². The molecule has 0 N–H and O–H groups in total. The normalized spacial score (nSPS) is 27.8. The summed E-state index contributed by atoms with van der Waals surface area (Å²) in [6, 6.07) is 2.73. The van der Waals surface area contributed by atoms with E-state index in [0.29, 0.717) is 47.1 Å². The zero-order chi connectivity index (χ0) is 36.8. The van der Waals surface area contributed by atoms with Crippen molar-refractivity contribution in [1.29, 1.82) is 0 Å². The molecule has 0 unspecified atom stereocenters. The molecule has 3 aromatic rings. The van der Waals surface area contributed by atoms with Crippen molar-refractivity contribution in [2.75, 3.05) is 51.7 Å². The molecule has 7 heterocycles. The number of alkyl halides is 1. The van der Waals surface area contributed by atoms with Crippen LogP contribution in [0.25, 0.3) is 22.2 Å². The third kappa shape index (κ3) is 6.08. The first-order valence-electron chi connectivity index (χ1n) is 18.7. The van der Waals surface area contributed by atoms with Crippen molar-refractivity contribution in [3.8, 4) is 28.9 Å². The van der Waals surface area contributed by atoms with E-state index in [2.05, 4.69) is 9.80 Å². The lowest BCUT2D eigenvalue weighted by atomic mass is 9.95. The van der Waals surface area contributed by atoms with Gasteiger partial charge in [-0.05, 0) is 89.5 Å². The molecule has 1 saturated carbocycles. The summed E-state index contributed by atoms with van der Waals surface area (Å²) in [5.74, 6) is 0.518. The Balaban J connectivity index is 1.17. The molecule has 0 spiro atoms. The second-order valence-electron chi connectivity index (χ2n) is 16.4. The standard InChI is InChI=1S/C38H45ClF2N6O6/c1-37(2,3)53-36(48)47-22-8-9-26(47)27-17-50-34-29-32(30(41)31(42-34)24-12-23(52-19-49-4)13-25(39)28(24)20-6-7-20)43-35(44-33(29)46(27)16-22)51-18-38-10-5-11-45(38)15-21(40)14-38/h12-13,20-22,26-27H,5-11,14-19H2,1-4H3/t21-,22-,26+,27-,38-/m1/s1. The number of aromatic nitrogens is 3. The molecule has 1 amide bonds. The van der Waals surface area contributed by atoms with Gasteiger partial charge in [-0.1, -0.05) is 11.6 Å². The molecule has 6 aliphatic rings. The number of hydrogen-bond donors (Lipinski definition) is 0. The van der Waals surface area contributed by atoms with Crippen molar-refractivity contribution in [2.45, 2.75) is 107 Å². The molecule has 15 heteroatoms. The molecule has 12 nitrogen and oxygen atoms in total. The van der Waals surface area contributed by atoms with Gasteiger partial charge in [0.25, 0.3) is 0 Å². The van der Waals surface area contributed by atoms with Crippen LogP contribution in [0.5, 0.6) is 17.6 Å². The fourth-order valence-electron chi connectivity index (χ4n) is 9.34. The molecule has 5 fully saturated rings. The highest BCUT2D eigenvalue weighted by Crippen LogP contribution is 2.51. The third-order valence-corrected chi connectivity index (χ3v) is 12.0. The molecule has 9 rings (SSSR count). The molecule has 2 bridgehead atoms. The summed E-state index contributed by atoms with van der Waals surface area (Å²) in [6.07, 6.45) is 4.20. The Morgan fingerprint density at radius 2 is 1.92 bits per heavy atom. The van der Waals surface area contributed by atoms with Crippen molar-refractivity contribution in [1.82, 2.24) is 24.8 Å². The minimum Gasteiger partial charge on any atom is -0.475 e. The van der Waals surface area contributed by atoms with E-state index in [1.807, 2.05) is 25.7 Å². The van der Waals surface area contributed by atoms with Crippen LogP contribution in [-0.4, -0.2) is 113 Å². The van der Waals surface area contributed by atoms with Gasteiger partial charge in [-0.25, -0.2) is 18.6 Å². The van der Waals surface area contributed by atoms with Gasteiger partial charge >= 0.3 is 12.1 Å². The Morgan fingerprint density at radius 3 is 2.70 bits per heavy atom. The van der Waals surface area contributed by atoms with Crippen LogP contribution in [0.1, 0.15) is 77.2 Å². The summed E-state index contributed by atoms with van der Waals surface area (Å²) in [5, 5.41) is 0.789. The van der Waals surface area contributed by atoms with Gasteiger partial charge in [0.05, 0.1) is 23.7 Å². The predicted octanol–water partition coefficient (Wildman–Crippen LogP) is 6.65. The van der Waals surface area contributed by atoms with Gasteiger partial charge < -0.3 is 28.6 Å². The average molecular weight is 755 g/mol. The van der Waals surface area contributed by atoms with Crippen LogP contribution < -0.4 is 19.1 Å². The van der Waals surface area contributed by atoms with E-state index in [0.717, 1.165) is 50.6 Å². The number of piperazine rings is 1. The highest BCUT2D eigenvalue weighted by molar-refractivity contribution is 6.32. The molecule has 1 aromatic carbocycles. The van der Waals surface area contributed by atoms with Crippen LogP contribution in [0.15, 0.2) is 12.1 Å². The number of anilines is 1. The van der Waals surface area contributed by atoms with Crippen LogP contribution in [0.4, 0.5) is 19.4 Å². The Bertz CT molecular complexity index is 1960. The van der Waals surface area contributed by atoms with Gasteiger partial charge in [0.1, 0.15) is 53.2 Å². The average Bonchev–Trinajstić information content (AvgIpc) is 3.72. The number of pyridine rings is 1. The van der Waals surface area contributed by atoms with Gasteiger partial charge in [-0.2, -0.15) is 9.97 Å². The van der Waals surface area contributed by atoms with E-state index >= 15 is 4.39 Å². The highest BCUT2D eigenvalue weighted by atomic mass is 35.5. The molecular weight excluding hydrogens is 710 g/mol. The smallest absolute Gasteiger partial charge is 0.410 e. The minimum absolute atomic E-state index is 0.00164. The number of fused-ring (bicyclic) bond motifs is 6. The van der Waals surface area contributed by atoms with Crippen LogP contribution in [0.3, 0.4) is 0 Å². The van der Waals surface area contributed by atoms with Crippen molar-refractivity contribution in [2.24, 2.45) is 0 Å². The second-order valence-corrected chi connectivity index (χ2v) is 16.8. The number of benzene rings is 1. The molecule has 53 heavy (non-hydrogen) atoms. The number of rotatable bonds is 8. The van der Waals surface area contributed by atoms with E-state index < -0.39 is 23.1 Å². The first-order valence-corrected chi connectivity index (χ1v) is 19.1. The van der Waals surface area contributed by atoms with Gasteiger partial charge in [0.2, 0.25) is 5.88 Å². The fraction of sp³-hybridized carbons (Fsp3) is 0.632. The summed E-state index contributed by atoms with van der Waals surface area (Å²) in [6.45, 7) is 7.52. The van der Waals surface area contributed by atoms with Crippen molar-refractivity contribution in [3.05, 3.63) is 28.5 Å². The molecule has 1 aliphatic carbocycles. The Hall–Kier alpha value is -3.75. The molecule has 0 radical (unpaired) electrons. The lowest BCUT2D eigenvalue weighted by molar-refractivity contribution is 0.00537. The molecule has 284 valence electrons. The summed E-state index contributed by atoms with van der Waals surface area (Å²) in [4.78, 5) is 34.2. The second kappa shape index (κ2) is 12.9. The maximum atomic E-state index is 17.4. The lowest BCUT2D eigenvalue weighted by Crippen LogP contribution is -2.63. The number of amides is 1. The summed E-state index contributed by atoms with van der Waals surface area (Å²) in [5.41, 5.74) is 0.204. The third-order valence-electron chi connectivity index (χ3n) is 11.7. The quantitative estimate of drug-likeness (QED) is 0.231. The topological polar surface area (TPSA) is 112 Å². The number of hydrogen-bond acceptors (Lipinski definition) is 11. The lowest BCUT2D eigenvalue weighted by Gasteiger charge is -2.46. The van der Waals surface area contributed by atoms with Gasteiger partial charge in [0.15, 0.2) is 12.6 Å². The molecular formula is C38H45ClF2N6O6. The molecule has 4 saturated heterocycles. The number of halogens is 3. The first kappa shape index (κ1) is 35.0. The van der Waals surface area contributed by atoms with Crippen molar-refractivity contribution < 1.29 is 37.3 Å². The number of ether oxygens (including phenoxy) is 5. The van der Waals surface area contributed by atoms with E-state index in [1.54, 1.807) is 12.1 Å². The van der Waals surface area contributed by atoms with Crippen LogP contribution in [0, 0.1) is 5.82 Å². The fourth-order valence-corrected chi connectivity index (χ4v) is 9.70. The molecule has 2 aromatic heterocycles. The zero-order valence-electron chi connectivity index (χ0n) is 30.5. The van der Waals surface area contributed by atoms with Crippen molar-refractivity contribution >= 4 is 34.4 Å². The van der Waals surface area contributed by atoms with Crippen LogP contribution in [0.2, 0.25) is 5.02 Å². The van der Waals surface area contributed by atoms with Gasteiger partial charge in [-0.3, -0.25) is 9.80 Å². The monoisotopic (exact) mass is 754 g/mol. The number of carbonyl (C=O) groups excluding carboxylic acids is 1. The Kier molecular flexibility index (Phi) is 8.54. The molecule has 5 aliphatic heterocycles. The van der Waals surface area contributed by atoms with Crippen LogP contribution >= 0.6 is 11.6 Å². The summed E-state index contributed by atoms with van der Waals surface area (Å²) >= 11 is 6.86. The Morgan fingerprint density at radius 1 is 1.09 bits per heavy atom. The number of methoxy groups -OCH3 is 1. The summed E-state index contributed by atoms with van der Waals surface area (Å²) < 4.78 is 61.7. The van der Waals surface area contributed by atoms with Crippen molar-refractivity contribution in [3.63, 3.8) is 0 Å². The van der Waals surface area contributed by atoms with E-state index in [9.17, 15) is 9.18 Å². The largest absolute Gasteiger partial charge is 0.475 e. The Labute approximate surface area is 312 Å². The maximum absolute atomic E-state index is 17.4. The highest BCUT2D eigenvalue weighted by Gasteiger charge is 2.53.